The van der Waals surface area contributed by atoms with E-state index in [9.17, 15) is 9.59 Å². The Morgan fingerprint density at radius 1 is 1.09 bits per heavy atom. The summed E-state index contributed by atoms with van der Waals surface area (Å²) in [5.74, 6) is -1.05. The van der Waals surface area contributed by atoms with Gasteiger partial charge in [-0.2, -0.15) is 0 Å². The molecule has 2 heterocycles. The van der Waals surface area contributed by atoms with Crippen LogP contribution in [0.4, 0.5) is 0 Å². The lowest BCUT2D eigenvalue weighted by atomic mass is 9.99. The van der Waals surface area contributed by atoms with Gasteiger partial charge in [0.15, 0.2) is 0 Å². The number of hydrogen-bond donors (Lipinski definition) is 2. The molecule has 1 aromatic heterocycles. The number of ether oxygens (including phenoxy) is 1. The first kappa shape index (κ1) is 22.2. The minimum absolute atomic E-state index is 0.0839. The Kier molecular flexibility index (Phi) is 6.72. The van der Waals surface area contributed by atoms with E-state index in [-0.39, 0.29) is 17.5 Å². The summed E-state index contributed by atoms with van der Waals surface area (Å²) in [5.41, 5.74) is 5.47. The van der Waals surface area contributed by atoms with Crippen molar-refractivity contribution in [1.82, 2.24) is 5.32 Å². The fourth-order valence-electron chi connectivity index (χ4n) is 4.02. The quantitative estimate of drug-likeness (QED) is 0.522. The van der Waals surface area contributed by atoms with Crippen LogP contribution in [-0.2, 0) is 30.6 Å². The van der Waals surface area contributed by atoms with Crippen molar-refractivity contribution in [2.45, 2.75) is 45.8 Å². The Labute approximate surface area is 192 Å². The van der Waals surface area contributed by atoms with E-state index in [1.54, 1.807) is 35.6 Å². The molecule has 0 spiro atoms. The lowest BCUT2D eigenvalue weighted by Crippen LogP contribution is -2.28. The number of hydrogen-bond acceptors (Lipinski definition) is 4. The molecule has 0 fully saturated rings. The first-order chi connectivity index (χ1) is 15.5. The highest BCUT2D eigenvalue weighted by atomic mass is 32.1. The number of carboxylic acids is 1. The average Bonchev–Trinajstić information content (AvgIpc) is 3.17. The van der Waals surface area contributed by atoms with Crippen molar-refractivity contribution in [3.05, 3.63) is 91.7 Å². The van der Waals surface area contributed by atoms with Gasteiger partial charge < -0.3 is 15.2 Å². The number of aromatic carboxylic acids is 1. The van der Waals surface area contributed by atoms with Crippen molar-refractivity contribution in [3.8, 4) is 0 Å². The maximum Gasteiger partial charge on any atom is 0.335 e. The predicted octanol–water partition coefficient (Wildman–Crippen LogP) is 5.16. The molecule has 32 heavy (non-hydrogen) atoms. The van der Waals surface area contributed by atoms with Gasteiger partial charge in [0.25, 0.3) is 5.91 Å². The molecule has 2 N–H and O–H groups in total. The predicted molar refractivity (Wildman–Crippen MR) is 126 cm³/mol. The molecule has 0 aliphatic carbocycles. The molecule has 1 aliphatic rings. The summed E-state index contributed by atoms with van der Waals surface area (Å²) in [4.78, 5) is 26.7. The molecular weight excluding hydrogens is 422 g/mol. The van der Waals surface area contributed by atoms with E-state index in [0.717, 1.165) is 39.3 Å². The summed E-state index contributed by atoms with van der Waals surface area (Å²) in [6.07, 6.45) is 2.46. The number of carbonyl (C=O) groups is 2. The van der Waals surface area contributed by atoms with Crippen LogP contribution in [-0.4, -0.2) is 23.6 Å². The maximum atomic E-state index is 13.4. The van der Waals surface area contributed by atoms with Gasteiger partial charge in [-0.05, 0) is 54.2 Å². The normalized spacial score (nSPS) is 13.9. The second kappa shape index (κ2) is 9.67. The minimum Gasteiger partial charge on any atom is -0.478 e. The van der Waals surface area contributed by atoms with Crippen LogP contribution >= 0.6 is 11.3 Å². The first-order valence-electron chi connectivity index (χ1n) is 10.9. The molecule has 0 radical (unpaired) electrons. The lowest BCUT2D eigenvalue weighted by Gasteiger charge is -2.17. The Bertz CT molecular complexity index is 1120. The summed E-state index contributed by atoms with van der Waals surface area (Å²) in [5, 5.41) is 12.2. The number of aryl methyl sites for hydroxylation is 1. The van der Waals surface area contributed by atoms with Gasteiger partial charge in [0.1, 0.15) is 0 Å². The second-order valence-corrected chi connectivity index (χ2v) is 9.26. The average molecular weight is 450 g/mol. The number of thiophene rings is 1. The molecule has 1 amide bonds. The molecule has 1 aliphatic heterocycles. The fraction of sp³-hybridized carbons (Fsp3) is 0.308. The summed E-state index contributed by atoms with van der Waals surface area (Å²) >= 11 is 1.67. The van der Waals surface area contributed by atoms with Crippen LogP contribution in [0.25, 0.3) is 0 Å². The zero-order valence-corrected chi connectivity index (χ0v) is 19.1. The third kappa shape index (κ3) is 4.76. The van der Waals surface area contributed by atoms with Crippen LogP contribution in [0.1, 0.15) is 72.6 Å². The molecule has 0 unspecified atom stereocenters. The summed E-state index contributed by atoms with van der Waals surface area (Å²) in [7, 11) is 0. The number of nitrogens with one attached hydrogen (secondary N) is 1. The van der Waals surface area contributed by atoms with Gasteiger partial charge in [-0.3, -0.25) is 4.79 Å². The van der Waals surface area contributed by atoms with Gasteiger partial charge in [-0.15, -0.1) is 11.3 Å². The topological polar surface area (TPSA) is 75.6 Å². The van der Waals surface area contributed by atoms with Crippen molar-refractivity contribution >= 4 is 23.2 Å². The minimum atomic E-state index is -0.961. The summed E-state index contributed by atoms with van der Waals surface area (Å²) < 4.78 is 5.64. The zero-order valence-electron chi connectivity index (χ0n) is 18.3. The molecule has 1 atom stereocenters. The van der Waals surface area contributed by atoms with Crippen LogP contribution in [0.15, 0.2) is 48.5 Å². The maximum absolute atomic E-state index is 13.4. The van der Waals surface area contributed by atoms with E-state index >= 15 is 0 Å². The molecular formula is C26H27NO4S. The highest BCUT2D eigenvalue weighted by Gasteiger charge is 2.26. The van der Waals surface area contributed by atoms with Gasteiger partial charge in [-0.1, -0.05) is 43.3 Å². The third-order valence-corrected chi connectivity index (χ3v) is 7.13. The van der Waals surface area contributed by atoms with E-state index in [0.29, 0.717) is 19.6 Å². The first-order valence-corrected chi connectivity index (χ1v) is 11.7. The molecule has 2 aromatic carbocycles. The van der Waals surface area contributed by atoms with Gasteiger partial charge >= 0.3 is 5.97 Å². The monoisotopic (exact) mass is 449 g/mol. The standard InChI is InChI=1S/C26H27NO4S/c1-3-17-4-6-18(7-5-17)14-22-24(21-12-13-31-15-23(21)32-22)25(28)27-16(2)19-8-10-20(11-9-19)26(29)30/h4-11,16H,3,12-15H2,1-2H3,(H,27,28)(H,29,30)/t16-/m0/s1. The highest BCUT2D eigenvalue weighted by Crippen LogP contribution is 2.34. The number of rotatable bonds is 7. The van der Waals surface area contributed by atoms with E-state index in [4.69, 9.17) is 9.84 Å². The smallest absolute Gasteiger partial charge is 0.335 e. The number of carbonyl (C=O) groups excluding carboxylic acids is 1. The van der Waals surface area contributed by atoms with Crippen LogP contribution in [0, 0.1) is 0 Å². The number of fused-ring (bicyclic) bond motifs is 1. The van der Waals surface area contributed by atoms with Gasteiger partial charge in [0, 0.05) is 16.2 Å². The summed E-state index contributed by atoms with van der Waals surface area (Å²) in [6, 6.07) is 15.0. The highest BCUT2D eigenvalue weighted by molar-refractivity contribution is 7.12. The van der Waals surface area contributed by atoms with E-state index in [1.807, 2.05) is 6.92 Å². The Morgan fingerprint density at radius 3 is 2.44 bits per heavy atom. The third-order valence-electron chi connectivity index (χ3n) is 5.92. The Morgan fingerprint density at radius 2 is 1.78 bits per heavy atom. The van der Waals surface area contributed by atoms with Gasteiger partial charge in [-0.25, -0.2) is 4.79 Å². The van der Waals surface area contributed by atoms with Crippen molar-refractivity contribution in [3.63, 3.8) is 0 Å². The number of benzene rings is 2. The van der Waals surface area contributed by atoms with Crippen LogP contribution in [0.5, 0.6) is 0 Å². The molecule has 0 bridgehead atoms. The zero-order chi connectivity index (χ0) is 22.7. The molecule has 6 heteroatoms. The molecule has 4 rings (SSSR count). The van der Waals surface area contributed by atoms with Crippen molar-refractivity contribution in [1.29, 1.82) is 0 Å². The fourth-order valence-corrected chi connectivity index (χ4v) is 5.35. The Balaban J connectivity index is 1.58. The van der Waals surface area contributed by atoms with Crippen molar-refractivity contribution in [2.75, 3.05) is 6.61 Å². The molecule has 166 valence electrons. The van der Waals surface area contributed by atoms with E-state index in [1.165, 1.54) is 11.1 Å². The number of carboxylic acid groups (broad SMARTS) is 1. The largest absolute Gasteiger partial charge is 0.478 e. The molecule has 0 saturated carbocycles. The SMILES string of the molecule is CCc1ccc(Cc2sc3c(c2C(=O)N[C@@H](C)c2ccc(C(=O)O)cc2)CCOC3)cc1. The van der Waals surface area contributed by atoms with Crippen molar-refractivity contribution < 1.29 is 19.4 Å². The van der Waals surface area contributed by atoms with E-state index < -0.39 is 5.97 Å². The van der Waals surface area contributed by atoms with Crippen LogP contribution < -0.4 is 5.32 Å². The Hall–Kier alpha value is -2.96. The number of amides is 1. The van der Waals surface area contributed by atoms with E-state index in [2.05, 4.69) is 36.5 Å². The van der Waals surface area contributed by atoms with Crippen LogP contribution in [0.3, 0.4) is 0 Å². The second-order valence-electron chi connectivity index (χ2n) is 8.07. The molecule has 3 aromatic rings. The van der Waals surface area contributed by atoms with Gasteiger partial charge in [0.2, 0.25) is 0 Å². The molecule has 5 nitrogen and oxygen atoms in total. The van der Waals surface area contributed by atoms with Crippen molar-refractivity contribution in [2.24, 2.45) is 0 Å². The summed E-state index contributed by atoms with van der Waals surface area (Å²) in [6.45, 7) is 5.24. The lowest BCUT2D eigenvalue weighted by molar-refractivity contribution is 0.0696. The molecule has 0 saturated heterocycles. The van der Waals surface area contributed by atoms with Gasteiger partial charge in [0.05, 0.1) is 30.4 Å². The van der Waals surface area contributed by atoms with Crippen LogP contribution in [0.2, 0.25) is 0 Å².